The van der Waals surface area contributed by atoms with E-state index in [2.05, 4.69) is 72.8 Å². The average molecular weight is 506 g/mol. The van der Waals surface area contributed by atoms with Crippen LogP contribution in [0.2, 0.25) is 0 Å². The lowest BCUT2D eigenvalue weighted by atomic mass is 10.1. The van der Waals surface area contributed by atoms with Crippen molar-refractivity contribution in [3.05, 3.63) is 115 Å². The SMILES string of the molecule is c1ccc(-c2nc3ccc4ccc(-c5nc(-c6ccccc6)c6oc7ccccc7c6n5)cc4c3s2)cc1. The molecular weight excluding hydrogens is 486 g/mol. The molecule has 0 N–H and O–H groups in total. The zero-order valence-corrected chi connectivity index (χ0v) is 20.9. The molecule has 4 nitrogen and oxygen atoms in total. The number of fused-ring (bicyclic) bond motifs is 6. The van der Waals surface area contributed by atoms with Crippen LogP contribution in [0, 0.1) is 0 Å². The van der Waals surface area contributed by atoms with E-state index in [0.717, 1.165) is 54.8 Å². The van der Waals surface area contributed by atoms with E-state index in [4.69, 9.17) is 19.4 Å². The minimum atomic E-state index is 0.676. The highest BCUT2D eigenvalue weighted by molar-refractivity contribution is 7.22. The van der Waals surface area contributed by atoms with E-state index in [1.54, 1.807) is 11.3 Å². The molecule has 0 spiro atoms. The number of thiazole rings is 1. The number of para-hydroxylation sites is 1. The molecule has 3 aromatic heterocycles. The van der Waals surface area contributed by atoms with Gasteiger partial charge in [-0.3, -0.25) is 0 Å². The Labute approximate surface area is 221 Å². The largest absolute Gasteiger partial charge is 0.452 e. The zero-order valence-electron chi connectivity index (χ0n) is 20.1. The van der Waals surface area contributed by atoms with E-state index in [1.807, 2.05) is 42.5 Å². The zero-order chi connectivity index (χ0) is 25.1. The van der Waals surface area contributed by atoms with Crippen molar-refractivity contribution in [1.82, 2.24) is 15.0 Å². The van der Waals surface area contributed by atoms with Gasteiger partial charge in [-0.15, -0.1) is 11.3 Å². The van der Waals surface area contributed by atoms with Crippen LogP contribution in [-0.4, -0.2) is 15.0 Å². The van der Waals surface area contributed by atoms with Crippen molar-refractivity contribution in [3.8, 4) is 33.2 Å². The number of benzene rings is 5. The molecule has 0 saturated carbocycles. The fraction of sp³-hybridized carbons (Fsp3) is 0. The third-order valence-electron chi connectivity index (χ3n) is 6.92. The highest BCUT2D eigenvalue weighted by atomic mass is 32.1. The summed E-state index contributed by atoms with van der Waals surface area (Å²) in [6.45, 7) is 0. The molecule has 0 radical (unpaired) electrons. The molecule has 0 unspecified atom stereocenters. The van der Waals surface area contributed by atoms with Crippen molar-refractivity contribution in [2.24, 2.45) is 0 Å². The maximum absolute atomic E-state index is 6.27. The third-order valence-corrected chi connectivity index (χ3v) is 8.07. The molecule has 0 amide bonds. The number of nitrogens with zero attached hydrogens (tertiary/aromatic N) is 3. The highest BCUT2D eigenvalue weighted by Crippen LogP contribution is 2.38. The van der Waals surface area contributed by atoms with E-state index in [1.165, 1.54) is 10.1 Å². The summed E-state index contributed by atoms with van der Waals surface area (Å²) < 4.78 is 7.44. The van der Waals surface area contributed by atoms with Crippen LogP contribution < -0.4 is 0 Å². The standard InChI is InChI=1S/C33H19N3OS/c1-3-9-21(10-4-1)28-30-29(24-13-7-8-14-27(24)37-30)36-32(35-28)23-16-15-20-17-18-26-31(25(20)19-23)38-33(34-26)22-11-5-2-6-12-22/h1-19H. The highest BCUT2D eigenvalue weighted by Gasteiger charge is 2.18. The van der Waals surface area contributed by atoms with Crippen LogP contribution in [0.4, 0.5) is 0 Å². The fourth-order valence-corrected chi connectivity index (χ4v) is 6.16. The van der Waals surface area contributed by atoms with Crippen molar-refractivity contribution in [3.63, 3.8) is 0 Å². The molecule has 0 saturated heterocycles. The van der Waals surface area contributed by atoms with Gasteiger partial charge in [0.1, 0.15) is 21.8 Å². The second-order valence-corrected chi connectivity index (χ2v) is 10.3. The molecule has 5 heteroatoms. The summed E-state index contributed by atoms with van der Waals surface area (Å²) in [6, 6.07) is 39.2. The normalized spacial score (nSPS) is 11.7. The summed E-state index contributed by atoms with van der Waals surface area (Å²) in [5.74, 6) is 0.676. The molecule has 5 aromatic carbocycles. The lowest BCUT2D eigenvalue weighted by Crippen LogP contribution is -1.94. The Hall–Kier alpha value is -4.87. The first-order chi connectivity index (χ1) is 18.8. The van der Waals surface area contributed by atoms with Crippen LogP contribution in [0.5, 0.6) is 0 Å². The molecule has 0 bridgehead atoms. The van der Waals surface area contributed by atoms with Gasteiger partial charge in [0, 0.05) is 27.5 Å². The van der Waals surface area contributed by atoms with Crippen molar-refractivity contribution in [1.29, 1.82) is 0 Å². The minimum absolute atomic E-state index is 0.676. The first kappa shape index (κ1) is 21.2. The van der Waals surface area contributed by atoms with E-state index in [-0.39, 0.29) is 0 Å². The van der Waals surface area contributed by atoms with Crippen molar-refractivity contribution in [2.75, 3.05) is 0 Å². The Kier molecular flexibility index (Phi) is 4.66. The van der Waals surface area contributed by atoms with Crippen LogP contribution in [0.15, 0.2) is 120 Å². The monoisotopic (exact) mass is 505 g/mol. The van der Waals surface area contributed by atoms with Gasteiger partial charge >= 0.3 is 0 Å². The van der Waals surface area contributed by atoms with Crippen molar-refractivity contribution in [2.45, 2.75) is 0 Å². The van der Waals surface area contributed by atoms with Gasteiger partial charge in [0.15, 0.2) is 11.4 Å². The lowest BCUT2D eigenvalue weighted by Gasteiger charge is -2.07. The summed E-state index contributed by atoms with van der Waals surface area (Å²) in [7, 11) is 0. The summed E-state index contributed by atoms with van der Waals surface area (Å²) in [6.07, 6.45) is 0. The molecule has 8 aromatic rings. The average Bonchev–Trinajstić information content (AvgIpc) is 3.60. The maximum atomic E-state index is 6.27. The van der Waals surface area contributed by atoms with Gasteiger partial charge < -0.3 is 4.42 Å². The first-order valence-corrected chi connectivity index (χ1v) is 13.3. The topological polar surface area (TPSA) is 51.8 Å². The van der Waals surface area contributed by atoms with Gasteiger partial charge in [-0.1, -0.05) is 91.0 Å². The summed E-state index contributed by atoms with van der Waals surface area (Å²) >= 11 is 1.72. The fourth-order valence-electron chi connectivity index (χ4n) is 5.06. The second kappa shape index (κ2) is 8.33. The van der Waals surface area contributed by atoms with Crippen LogP contribution in [0.25, 0.3) is 76.3 Å². The van der Waals surface area contributed by atoms with E-state index in [0.29, 0.717) is 11.4 Å². The van der Waals surface area contributed by atoms with Gasteiger partial charge in [-0.25, -0.2) is 15.0 Å². The molecule has 0 aliphatic heterocycles. The number of furan rings is 1. The number of aromatic nitrogens is 3. The molecular formula is C33H19N3OS. The molecule has 178 valence electrons. The van der Waals surface area contributed by atoms with Gasteiger partial charge in [0.2, 0.25) is 0 Å². The van der Waals surface area contributed by atoms with Crippen LogP contribution in [0.3, 0.4) is 0 Å². The Balaban J connectivity index is 1.38. The van der Waals surface area contributed by atoms with Gasteiger partial charge in [-0.2, -0.15) is 0 Å². The predicted octanol–water partition coefficient (Wildman–Crippen LogP) is 9.14. The lowest BCUT2D eigenvalue weighted by molar-refractivity contribution is 0.667. The number of rotatable bonds is 3. The third kappa shape index (κ3) is 3.33. The first-order valence-electron chi connectivity index (χ1n) is 12.5. The smallest absolute Gasteiger partial charge is 0.180 e. The van der Waals surface area contributed by atoms with Crippen LogP contribution >= 0.6 is 11.3 Å². The Morgan fingerprint density at radius 2 is 1.32 bits per heavy atom. The molecule has 0 atom stereocenters. The predicted molar refractivity (Wildman–Crippen MR) is 156 cm³/mol. The van der Waals surface area contributed by atoms with Gasteiger partial charge in [-0.05, 0) is 29.7 Å². The Bertz CT molecular complexity index is 2130. The molecule has 3 heterocycles. The van der Waals surface area contributed by atoms with Crippen molar-refractivity contribution < 1.29 is 4.42 Å². The van der Waals surface area contributed by atoms with E-state index < -0.39 is 0 Å². The Morgan fingerprint density at radius 3 is 2.16 bits per heavy atom. The van der Waals surface area contributed by atoms with Crippen molar-refractivity contribution >= 4 is 54.4 Å². The van der Waals surface area contributed by atoms with Crippen LogP contribution in [-0.2, 0) is 0 Å². The van der Waals surface area contributed by atoms with E-state index >= 15 is 0 Å². The molecule has 0 aliphatic rings. The molecule has 8 rings (SSSR count). The van der Waals surface area contributed by atoms with Gasteiger partial charge in [0.05, 0.1) is 10.2 Å². The van der Waals surface area contributed by atoms with E-state index in [9.17, 15) is 0 Å². The quantitative estimate of drug-likeness (QED) is 0.240. The summed E-state index contributed by atoms with van der Waals surface area (Å²) in [5.41, 5.74) is 7.23. The van der Waals surface area contributed by atoms with Crippen LogP contribution in [0.1, 0.15) is 0 Å². The molecule has 0 aliphatic carbocycles. The van der Waals surface area contributed by atoms with Gasteiger partial charge in [0.25, 0.3) is 0 Å². The Morgan fingerprint density at radius 1 is 0.579 bits per heavy atom. The number of hydrogen-bond acceptors (Lipinski definition) is 5. The summed E-state index contributed by atoms with van der Waals surface area (Å²) in [5, 5.41) is 4.33. The summed E-state index contributed by atoms with van der Waals surface area (Å²) in [4.78, 5) is 15.0. The minimum Gasteiger partial charge on any atom is -0.452 e. The molecule has 38 heavy (non-hydrogen) atoms. The maximum Gasteiger partial charge on any atom is 0.180 e. The number of hydrogen-bond donors (Lipinski definition) is 0. The second-order valence-electron chi connectivity index (χ2n) is 9.27. The molecule has 0 fully saturated rings.